The predicted molar refractivity (Wildman–Crippen MR) is 71.3 cm³/mol. The van der Waals surface area contributed by atoms with Crippen LogP contribution in [0.2, 0.25) is 0 Å². The minimum Gasteiger partial charge on any atom is -0.437 e. The smallest absolute Gasteiger partial charge is 0.256 e. The van der Waals surface area contributed by atoms with Gasteiger partial charge in [-0.25, -0.2) is 4.98 Å². The first-order valence-corrected chi connectivity index (χ1v) is 7.39. The van der Waals surface area contributed by atoms with E-state index in [1.54, 1.807) is 11.8 Å². The lowest BCUT2D eigenvalue weighted by molar-refractivity contribution is 0.423. The molecule has 2 atom stereocenters. The van der Waals surface area contributed by atoms with Crippen LogP contribution in [0.1, 0.15) is 43.6 Å². The van der Waals surface area contributed by atoms with Gasteiger partial charge in [-0.1, -0.05) is 31.0 Å². The Balaban J connectivity index is 2.04. The van der Waals surface area contributed by atoms with E-state index in [4.69, 9.17) is 10.2 Å². The van der Waals surface area contributed by atoms with E-state index in [1.165, 1.54) is 32.1 Å². The van der Waals surface area contributed by atoms with Crippen molar-refractivity contribution in [3.8, 4) is 0 Å². The monoisotopic (exact) mass is 254 g/mol. The van der Waals surface area contributed by atoms with Crippen molar-refractivity contribution < 1.29 is 4.42 Å². The van der Waals surface area contributed by atoms with Gasteiger partial charge in [0.25, 0.3) is 5.22 Å². The fraction of sp³-hybridized carbons (Fsp3) is 0.769. The number of nitrogens with two attached hydrogens (primary N) is 1. The zero-order chi connectivity index (χ0) is 12.3. The topological polar surface area (TPSA) is 52.0 Å². The standard InChI is InChI=1S/C13H22N2OS/c1-9-10(2)16-13(15-9)17-12-7-5-3-4-6-11(12)8-14/h11-12H,3-8,14H2,1-2H3. The summed E-state index contributed by atoms with van der Waals surface area (Å²) >= 11 is 1.79. The predicted octanol–water partition coefficient (Wildman–Crippen LogP) is 3.29. The van der Waals surface area contributed by atoms with Crippen molar-refractivity contribution in [3.05, 3.63) is 11.5 Å². The highest BCUT2D eigenvalue weighted by Crippen LogP contribution is 2.36. The summed E-state index contributed by atoms with van der Waals surface area (Å²) in [5.74, 6) is 1.56. The molecule has 0 amide bonds. The largest absolute Gasteiger partial charge is 0.437 e. The molecule has 0 aliphatic heterocycles. The first-order chi connectivity index (χ1) is 8.20. The van der Waals surface area contributed by atoms with Gasteiger partial charge in [0.15, 0.2) is 0 Å². The van der Waals surface area contributed by atoms with Crippen molar-refractivity contribution in [1.82, 2.24) is 4.98 Å². The highest BCUT2D eigenvalue weighted by atomic mass is 32.2. The molecule has 0 aromatic carbocycles. The van der Waals surface area contributed by atoms with E-state index >= 15 is 0 Å². The molecule has 0 saturated heterocycles. The molecule has 0 spiro atoms. The van der Waals surface area contributed by atoms with E-state index in [1.807, 2.05) is 13.8 Å². The van der Waals surface area contributed by atoms with Gasteiger partial charge in [0, 0.05) is 5.25 Å². The molecule has 0 radical (unpaired) electrons. The van der Waals surface area contributed by atoms with Crippen molar-refractivity contribution in [2.75, 3.05) is 6.54 Å². The van der Waals surface area contributed by atoms with Crippen LogP contribution in [-0.4, -0.2) is 16.8 Å². The first-order valence-electron chi connectivity index (χ1n) is 6.51. The lowest BCUT2D eigenvalue weighted by Crippen LogP contribution is -2.24. The Morgan fingerprint density at radius 1 is 1.29 bits per heavy atom. The van der Waals surface area contributed by atoms with Gasteiger partial charge in [-0.2, -0.15) is 0 Å². The fourth-order valence-electron chi connectivity index (χ4n) is 2.40. The Morgan fingerprint density at radius 2 is 2.06 bits per heavy atom. The minimum atomic E-state index is 0.583. The Labute approximate surface area is 108 Å². The second-order valence-corrected chi connectivity index (χ2v) is 6.10. The SMILES string of the molecule is Cc1nc(SC2CCCCCC2CN)oc1C. The number of hydrogen-bond donors (Lipinski definition) is 1. The molecule has 2 rings (SSSR count). The van der Waals surface area contributed by atoms with Crippen molar-refractivity contribution in [2.24, 2.45) is 11.7 Å². The molecular formula is C13H22N2OS. The van der Waals surface area contributed by atoms with Crippen molar-refractivity contribution in [1.29, 1.82) is 0 Å². The van der Waals surface area contributed by atoms with E-state index in [2.05, 4.69) is 4.98 Å². The van der Waals surface area contributed by atoms with Gasteiger partial charge in [-0.15, -0.1) is 0 Å². The summed E-state index contributed by atoms with van der Waals surface area (Å²) in [7, 11) is 0. The van der Waals surface area contributed by atoms with Gasteiger partial charge < -0.3 is 10.2 Å². The molecule has 2 N–H and O–H groups in total. The van der Waals surface area contributed by atoms with Crippen LogP contribution in [0.5, 0.6) is 0 Å². The molecule has 3 nitrogen and oxygen atoms in total. The number of aryl methyl sites for hydroxylation is 2. The van der Waals surface area contributed by atoms with Crippen molar-refractivity contribution in [3.63, 3.8) is 0 Å². The van der Waals surface area contributed by atoms with Crippen LogP contribution in [0.4, 0.5) is 0 Å². The normalized spacial score (nSPS) is 25.8. The van der Waals surface area contributed by atoms with E-state index in [0.29, 0.717) is 11.2 Å². The summed E-state index contributed by atoms with van der Waals surface area (Å²) in [5.41, 5.74) is 6.89. The number of aromatic nitrogens is 1. The van der Waals surface area contributed by atoms with Crippen LogP contribution in [0.15, 0.2) is 9.64 Å². The van der Waals surface area contributed by atoms with Crippen LogP contribution in [0.3, 0.4) is 0 Å². The minimum absolute atomic E-state index is 0.583. The second-order valence-electron chi connectivity index (χ2n) is 4.91. The molecule has 2 unspecified atom stereocenters. The van der Waals surface area contributed by atoms with Crippen LogP contribution in [-0.2, 0) is 0 Å². The number of rotatable bonds is 3. The van der Waals surface area contributed by atoms with Crippen molar-refractivity contribution >= 4 is 11.8 Å². The van der Waals surface area contributed by atoms with E-state index < -0.39 is 0 Å². The number of hydrogen-bond acceptors (Lipinski definition) is 4. The summed E-state index contributed by atoms with van der Waals surface area (Å²) in [6.45, 7) is 4.76. The number of nitrogens with zero attached hydrogens (tertiary/aromatic N) is 1. The van der Waals surface area contributed by atoms with Crippen LogP contribution >= 0.6 is 11.8 Å². The summed E-state index contributed by atoms with van der Waals surface area (Å²) in [6, 6.07) is 0. The summed E-state index contributed by atoms with van der Waals surface area (Å²) < 4.78 is 5.66. The maximum absolute atomic E-state index is 5.89. The molecule has 4 heteroatoms. The lowest BCUT2D eigenvalue weighted by atomic mass is 10.0. The maximum Gasteiger partial charge on any atom is 0.256 e. The highest BCUT2D eigenvalue weighted by Gasteiger charge is 2.25. The van der Waals surface area contributed by atoms with Crippen molar-refractivity contribution in [2.45, 2.75) is 56.4 Å². The van der Waals surface area contributed by atoms with E-state index in [0.717, 1.165) is 23.2 Å². The third-order valence-electron chi connectivity index (χ3n) is 3.65. The van der Waals surface area contributed by atoms with Gasteiger partial charge >= 0.3 is 0 Å². The molecule has 1 saturated carbocycles. The molecule has 1 aliphatic carbocycles. The molecule has 1 heterocycles. The maximum atomic E-state index is 5.89. The summed E-state index contributed by atoms with van der Waals surface area (Å²) in [5, 5.41) is 1.41. The van der Waals surface area contributed by atoms with E-state index in [-0.39, 0.29) is 0 Å². The molecule has 1 aliphatic rings. The van der Waals surface area contributed by atoms with Gasteiger partial charge in [-0.3, -0.25) is 0 Å². The zero-order valence-electron chi connectivity index (χ0n) is 10.7. The van der Waals surface area contributed by atoms with Gasteiger partial charge in [0.2, 0.25) is 0 Å². The van der Waals surface area contributed by atoms with Gasteiger partial charge in [0.05, 0.1) is 5.69 Å². The second kappa shape index (κ2) is 5.91. The average Bonchev–Trinajstić information content (AvgIpc) is 2.53. The molecule has 1 fully saturated rings. The number of oxazole rings is 1. The first kappa shape index (κ1) is 13.0. The molecule has 17 heavy (non-hydrogen) atoms. The Hall–Kier alpha value is -0.480. The summed E-state index contributed by atoms with van der Waals surface area (Å²) in [4.78, 5) is 4.46. The average molecular weight is 254 g/mol. The third-order valence-corrected chi connectivity index (χ3v) is 4.95. The lowest BCUT2D eigenvalue weighted by Gasteiger charge is -2.21. The Bertz CT molecular complexity index is 345. The Kier molecular flexibility index (Phi) is 4.51. The number of thioether (sulfide) groups is 1. The molecule has 0 bridgehead atoms. The van der Waals surface area contributed by atoms with E-state index in [9.17, 15) is 0 Å². The van der Waals surface area contributed by atoms with Gasteiger partial charge in [-0.05, 0) is 39.2 Å². The quantitative estimate of drug-likeness (QED) is 0.841. The highest BCUT2D eigenvalue weighted by molar-refractivity contribution is 7.99. The van der Waals surface area contributed by atoms with Crippen LogP contribution in [0, 0.1) is 19.8 Å². The zero-order valence-corrected chi connectivity index (χ0v) is 11.6. The van der Waals surface area contributed by atoms with Crippen LogP contribution in [0.25, 0.3) is 0 Å². The molecule has 1 aromatic heterocycles. The molecule has 1 aromatic rings. The summed E-state index contributed by atoms with van der Waals surface area (Å²) in [6.07, 6.45) is 6.48. The van der Waals surface area contributed by atoms with Crippen LogP contribution < -0.4 is 5.73 Å². The van der Waals surface area contributed by atoms with Gasteiger partial charge in [0.1, 0.15) is 5.76 Å². The fourth-order valence-corrected chi connectivity index (χ4v) is 3.74. The molecule has 96 valence electrons. The molecular weight excluding hydrogens is 232 g/mol. The third kappa shape index (κ3) is 3.26. The Morgan fingerprint density at radius 3 is 2.71 bits per heavy atom.